The van der Waals surface area contributed by atoms with E-state index in [0.717, 1.165) is 25.9 Å². The predicted octanol–water partition coefficient (Wildman–Crippen LogP) is 3.19. The smallest absolute Gasteiger partial charge is 0.317 e. The summed E-state index contributed by atoms with van der Waals surface area (Å²) in [7, 11) is 0. The van der Waals surface area contributed by atoms with E-state index in [4.69, 9.17) is 0 Å². The zero-order chi connectivity index (χ0) is 13.0. The van der Waals surface area contributed by atoms with Crippen LogP contribution in [0.1, 0.15) is 38.3 Å². The molecular formula is C15H22N2O. The lowest BCUT2D eigenvalue weighted by atomic mass is 9.96. The molecule has 0 aromatic heterocycles. The van der Waals surface area contributed by atoms with Gasteiger partial charge in [-0.05, 0) is 24.3 Å². The van der Waals surface area contributed by atoms with Gasteiger partial charge in [0.25, 0.3) is 0 Å². The van der Waals surface area contributed by atoms with E-state index in [1.54, 1.807) is 0 Å². The molecular weight excluding hydrogens is 224 g/mol. The summed E-state index contributed by atoms with van der Waals surface area (Å²) >= 11 is 0. The highest BCUT2D eigenvalue weighted by Gasteiger charge is 2.23. The summed E-state index contributed by atoms with van der Waals surface area (Å²) in [5.41, 5.74) is 1.18. The van der Waals surface area contributed by atoms with E-state index in [-0.39, 0.29) is 12.1 Å². The fourth-order valence-electron chi connectivity index (χ4n) is 2.44. The number of urea groups is 1. The van der Waals surface area contributed by atoms with Crippen LogP contribution in [0.3, 0.4) is 0 Å². The lowest BCUT2D eigenvalue weighted by molar-refractivity contribution is 0.200. The SMILES string of the molecule is CC(C)C(NC(=O)N1CCCC1)c1ccccc1. The van der Waals surface area contributed by atoms with Crippen molar-refractivity contribution in [2.45, 2.75) is 32.7 Å². The molecule has 3 heteroatoms. The molecule has 1 saturated heterocycles. The molecule has 1 atom stereocenters. The average Bonchev–Trinajstić information content (AvgIpc) is 2.90. The normalized spacial score (nSPS) is 16.9. The van der Waals surface area contributed by atoms with E-state index < -0.39 is 0 Å². The van der Waals surface area contributed by atoms with E-state index >= 15 is 0 Å². The highest BCUT2D eigenvalue weighted by Crippen LogP contribution is 2.22. The summed E-state index contributed by atoms with van der Waals surface area (Å²) in [5, 5.41) is 3.16. The Kier molecular flexibility index (Phi) is 4.24. The number of nitrogens with zero attached hydrogens (tertiary/aromatic N) is 1. The predicted molar refractivity (Wildman–Crippen MR) is 73.4 cm³/mol. The number of rotatable bonds is 3. The monoisotopic (exact) mass is 246 g/mol. The molecule has 1 heterocycles. The fraction of sp³-hybridized carbons (Fsp3) is 0.533. The van der Waals surface area contributed by atoms with Crippen molar-refractivity contribution in [3.05, 3.63) is 35.9 Å². The van der Waals surface area contributed by atoms with Crippen LogP contribution in [0.4, 0.5) is 4.79 Å². The van der Waals surface area contributed by atoms with Gasteiger partial charge in [0.1, 0.15) is 0 Å². The van der Waals surface area contributed by atoms with Gasteiger partial charge in [0, 0.05) is 13.1 Å². The van der Waals surface area contributed by atoms with Crippen LogP contribution >= 0.6 is 0 Å². The number of benzene rings is 1. The third-order valence-electron chi connectivity index (χ3n) is 3.50. The van der Waals surface area contributed by atoms with E-state index in [1.165, 1.54) is 5.56 Å². The molecule has 0 aliphatic carbocycles. The van der Waals surface area contributed by atoms with Crippen molar-refractivity contribution in [2.75, 3.05) is 13.1 Å². The molecule has 1 fully saturated rings. The number of amides is 2. The Bertz CT molecular complexity index is 383. The summed E-state index contributed by atoms with van der Waals surface area (Å²) in [6.07, 6.45) is 2.26. The number of likely N-dealkylation sites (tertiary alicyclic amines) is 1. The number of hydrogen-bond acceptors (Lipinski definition) is 1. The molecule has 1 aromatic rings. The second-order valence-electron chi connectivity index (χ2n) is 5.28. The first kappa shape index (κ1) is 12.9. The third-order valence-corrected chi connectivity index (χ3v) is 3.50. The Balaban J connectivity index is 2.05. The highest BCUT2D eigenvalue weighted by atomic mass is 16.2. The lowest BCUT2D eigenvalue weighted by Gasteiger charge is -2.26. The zero-order valence-corrected chi connectivity index (χ0v) is 11.2. The molecule has 1 aromatic carbocycles. The van der Waals surface area contributed by atoms with Crippen LogP contribution in [-0.2, 0) is 0 Å². The first-order valence-electron chi connectivity index (χ1n) is 6.79. The molecule has 0 radical (unpaired) electrons. The minimum absolute atomic E-state index is 0.0788. The number of hydrogen-bond donors (Lipinski definition) is 1. The molecule has 18 heavy (non-hydrogen) atoms. The van der Waals surface area contributed by atoms with Gasteiger partial charge in [0.05, 0.1) is 6.04 Å². The maximum atomic E-state index is 12.1. The molecule has 1 aliphatic heterocycles. The molecule has 98 valence electrons. The van der Waals surface area contributed by atoms with Crippen LogP contribution in [0.25, 0.3) is 0 Å². The van der Waals surface area contributed by atoms with Crippen LogP contribution in [0.15, 0.2) is 30.3 Å². The van der Waals surface area contributed by atoms with Crippen molar-refractivity contribution in [3.63, 3.8) is 0 Å². The van der Waals surface area contributed by atoms with Crippen molar-refractivity contribution >= 4 is 6.03 Å². The topological polar surface area (TPSA) is 32.3 Å². The Morgan fingerprint density at radius 2 is 1.78 bits per heavy atom. The molecule has 0 spiro atoms. The number of nitrogens with one attached hydrogen (secondary N) is 1. The van der Waals surface area contributed by atoms with E-state index in [9.17, 15) is 4.79 Å². The Labute approximate surface area is 109 Å². The Morgan fingerprint density at radius 3 is 2.33 bits per heavy atom. The van der Waals surface area contributed by atoms with Gasteiger partial charge in [-0.2, -0.15) is 0 Å². The van der Waals surface area contributed by atoms with Gasteiger partial charge in [-0.25, -0.2) is 4.79 Å². The Hall–Kier alpha value is -1.51. The van der Waals surface area contributed by atoms with Crippen LogP contribution in [0.2, 0.25) is 0 Å². The van der Waals surface area contributed by atoms with Crippen molar-refractivity contribution in [2.24, 2.45) is 5.92 Å². The first-order valence-corrected chi connectivity index (χ1v) is 6.79. The van der Waals surface area contributed by atoms with E-state index in [1.807, 2.05) is 23.1 Å². The molecule has 0 bridgehead atoms. The minimum atomic E-state index is 0.0788. The minimum Gasteiger partial charge on any atom is -0.331 e. The summed E-state index contributed by atoms with van der Waals surface area (Å²) in [6.45, 7) is 6.07. The van der Waals surface area contributed by atoms with E-state index in [2.05, 4.69) is 31.3 Å². The molecule has 2 rings (SSSR count). The fourth-order valence-corrected chi connectivity index (χ4v) is 2.44. The van der Waals surface area contributed by atoms with Crippen LogP contribution in [-0.4, -0.2) is 24.0 Å². The number of carbonyl (C=O) groups excluding carboxylic acids is 1. The van der Waals surface area contributed by atoms with Crippen molar-refractivity contribution < 1.29 is 4.79 Å². The van der Waals surface area contributed by atoms with E-state index in [0.29, 0.717) is 5.92 Å². The standard InChI is InChI=1S/C15H22N2O/c1-12(2)14(13-8-4-3-5-9-13)16-15(18)17-10-6-7-11-17/h3-5,8-9,12,14H,6-7,10-11H2,1-2H3,(H,16,18). The van der Waals surface area contributed by atoms with Gasteiger partial charge >= 0.3 is 6.03 Å². The second kappa shape index (κ2) is 5.89. The lowest BCUT2D eigenvalue weighted by Crippen LogP contribution is -2.41. The molecule has 3 nitrogen and oxygen atoms in total. The summed E-state index contributed by atoms with van der Waals surface area (Å²) in [5.74, 6) is 0.388. The second-order valence-corrected chi connectivity index (χ2v) is 5.28. The van der Waals surface area contributed by atoms with Gasteiger partial charge < -0.3 is 10.2 Å². The largest absolute Gasteiger partial charge is 0.331 e. The average molecular weight is 246 g/mol. The molecule has 1 aliphatic rings. The Morgan fingerprint density at radius 1 is 1.17 bits per heavy atom. The van der Waals surface area contributed by atoms with Crippen LogP contribution in [0, 0.1) is 5.92 Å². The van der Waals surface area contributed by atoms with Gasteiger partial charge in [-0.3, -0.25) is 0 Å². The van der Waals surface area contributed by atoms with Crippen molar-refractivity contribution in [1.82, 2.24) is 10.2 Å². The summed E-state index contributed by atoms with van der Waals surface area (Å²) in [6, 6.07) is 10.4. The van der Waals surface area contributed by atoms with Crippen LogP contribution < -0.4 is 5.32 Å². The third kappa shape index (κ3) is 3.03. The quantitative estimate of drug-likeness (QED) is 0.872. The number of carbonyl (C=O) groups is 1. The van der Waals surface area contributed by atoms with Crippen LogP contribution in [0.5, 0.6) is 0 Å². The van der Waals surface area contributed by atoms with Gasteiger partial charge in [0.15, 0.2) is 0 Å². The molecule has 1 unspecified atom stereocenters. The summed E-state index contributed by atoms with van der Waals surface area (Å²) in [4.78, 5) is 14.1. The zero-order valence-electron chi connectivity index (χ0n) is 11.2. The van der Waals surface area contributed by atoms with Crippen molar-refractivity contribution in [3.8, 4) is 0 Å². The van der Waals surface area contributed by atoms with Gasteiger partial charge in [-0.15, -0.1) is 0 Å². The first-order chi connectivity index (χ1) is 8.68. The molecule has 2 amide bonds. The van der Waals surface area contributed by atoms with Crippen molar-refractivity contribution in [1.29, 1.82) is 0 Å². The molecule has 1 N–H and O–H groups in total. The summed E-state index contributed by atoms with van der Waals surface area (Å²) < 4.78 is 0. The maximum Gasteiger partial charge on any atom is 0.317 e. The highest BCUT2D eigenvalue weighted by molar-refractivity contribution is 5.75. The molecule has 0 saturated carbocycles. The van der Waals surface area contributed by atoms with Gasteiger partial charge in [0.2, 0.25) is 0 Å². The maximum absolute atomic E-state index is 12.1. The van der Waals surface area contributed by atoms with Gasteiger partial charge in [-0.1, -0.05) is 44.2 Å².